The second kappa shape index (κ2) is 5.11. The van der Waals surface area contributed by atoms with E-state index in [0.717, 1.165) is 23.1 Å². The Morgan fingerprint density at radius 2 is 2.19 bits per heavy atom. The normalized spacial score (nSPS) is 17.9. The van der Waals surface area contributed by atoms with Crippen LogP contribution in [0.3, 0.4) is 0 Å². The van der Waals surface area contributed by atoms with Gasteiger partial charge in [-0.15, -0.1) is 0 Å². The third-order valence-corrected chi connectivity index (χ3v) is 4.12. The summed E-state index contributed by atoms with van der Waals surface area (Å²) < 4.78 is 1.03. The van der Waals surface area contributed by atoms with Crippen LogP contribution in [0.15, 0.2) is 28.7 Å². The molecule has 16 heavy (non-hydrogen) atoms. The Bertz CT molecular complexity index is 387. The second-order valence-electron chi connectivity index (χ2n) is 4.44. The summed E-state index contributed by atoms with van der Waals surface area (Å²) >= 11 is 3.48. The molecule has 1 N–H and O–H groups in total. The molecular weight excluding hydrogens is 266 g/mol. The molecule has 2 nitrogen and oxygen atoms in total. The lowest BCUT2D eigenvalue weighted by molar-refractivity contribution is -0.123. The Balaban J connectivity index is 1.99. The standard InChI is InChI=1S/C13H16BrNO/c1-9(11-7-15-8-11)13(16)6-10-4-2-3-5-12(10)14/h2-5,9,11,15H,6-8H2,1H3. The van der Waals surface area contributed by atoms with Crippen LogP contribution in [0.25, 0.3) is 0 Å². The van der Waals surface area contributed by atoms with Crippen LogP contribution in [0.5, 0.6) is 0 Å². The number of halogens is 1. The van der Waals surface area contributed by atoms with Crippen molar-refractivity contribution in [2.45, 2.75) is 13.3 Å². The predicted molar refractivity (Wildman–Crippen MR) is 68.4 cm³/mol. The zero-order valence-corrected chi connectivity index (χ0v) is 11.0. The first-order chi connectivity index (χ1) is 7.68. The minimum Gasteiger partial charge on any atom is -0.316 e. The molecule has 0 saturated carbocycles. The molecule has 2 rings (SSSR count). The zero-order chi connectivity index (χ0) is 11.5. The summed E-state index contributed by atoms with van der Waals surface area (Å²) in [6.07, 6.45) is 0.541. The quantitative estimate of drug-likeness (QED) is 0.919. The van der Waals surface area contributed by atoms with Crippen LogP contribution in [0.4, 0.5) is 0 Å². The summed E-state index contributed by atoms with van der Waals surface area (Å²) in [7, 11) is 0. The Morgan fingerprint density at radius 3 is 2.75 bits per heavy atom. The molecule has 3 heteroatoms. The van der Waals surface area contributed by atoms with Gasteiger partial charge in [-0.1, -0.05) is 41.1 Å². The Kier molecular flexibility index (Phi) is 3.77. The molecule has 1 aromatic rings. The average Bonchev–Trinajstić information content (AvgIpc) is 2.18. The molecule has 0 amide bonds. The lowest BCUT2D eigenvalue weighted by atomic mass is 9.84. The fourth-order valence-corrected chi connectivity index (χ4v) is 2.34. The van der Waals surface area contributed by atoms with E-state index in [9.17, 15) is 4.79 Å². The van der Waals surface area contributed by atoms with Crippen molar-refractivity contribution in [1.82, 2.24) is 5.32 Å². The molecule has 0 radical (unpaired) electrons. The van der Waals surface area contributed by atoms with E-state index >= 15 is 0 Å². The largest absolute Gasteiger partial charge is 0.316 e. The molecule has 1 unspecified atom stereocenters. The maximum atomic E-state index is 12.1. The van der Waals surface area contributed by atoms with E-state index in [4.69, 9.17) is 0 Å². The van der Waals surface area contributed by atoms with Crippen molar-refractivity contribution in [2.75, 3.05) is 13.1 Å². The van der Waals surface area contributed by atoms with Gasteiger partial charge in [-0.2, -0.15) is 0 Å². The zero-order valence-electron chi connectivity index (χ0n) is 9.37. The van der Waals surface area contributed by atoms with Crippen molar-refractivity contribution in [3.63, 3.8) is 0 Å². The summed E-state index contributed by atoms with van der Waals surface area (Å²) in [5.74, 6) is 1.06. The fraction of sp³-hybridized carbons (Fsp3) is 0.462. The molecular formula is C13H16BrNO. The highest BCUT2D eigenvalue weighted by atomic mass is 79.9. The van der Waals surface area contributed by atoms with Gasteiger partial charge in [-0.25, -0.2) is 0 Å². The molecule has 0 aromatic heterocycles. The maximum absolute atomic E-state index is 12.1. The first-order valence-electron chi connectivity index (χ1n) is 5.65. The third-order valence-electron chi connectivity index (χ3n) is 3.35. The lowest BCUT2D eigenvalue weighted by Gasteiger charge is -2.31. The van der Waals surface area contributed by atoms with E-state index in [0.29, 0.717) is 18.1 Å². The molecule has 1 aliphatic rings. The molecule has 1 aliphatic heterocycles. The van der Waals surface area contributed by atoms with E-state index < -0.39 is 0 Å². The van der Waals surface area contributed by atoms with E-state index in [2.05, 4.69) is 21.2 Å². The SMILES string of the molecule is CC(C(=O)Cc1ccccc1Br)C1CNC1. The van der Waals surface area contributed by atoms with Crippen molar-refractivity contribution >= 4 is 21.7 Å². The van der Waals surface area contributed by atoms with Crippen LogP contribution in [0.2, 0.25) is 0 Å². The number of ketones is 1. The number of hydrogen-bond acceptors (Lipinski definition) is 2. The van der Waals surface area contributed by atoms with Gasteiger partial charge in [-0.05, 0) is 30.6 Å². The van der Waals surface area contributed by atoms with E-state index in [1.54, 1.807) is 0 Å². The van der Waals surface area contributed by atoms with Gasteiger partial charge in [0.1, 0.15) is 5.78 Å². The second-order valence-corrected chi connectivity index (χ2v) is 5.30. The Morgan fingerprint density at radius 1 is 1.50 bits per heavy atom. The van der Waals surface area contributed by atoms with Crippen molar-refractivity contribution in [3.8, 4) is 0 Å². The van der Waals surface area contributed by atoms with Gasteiger partial charge in [-0.3, -0.25) is 4.79 Å². The fourth-order valence-electron chi connectivity index (χ4n) is 1.92. The Hall–Kier alpha value is -0.670. The number of nitrogens with one attached hydrogen (secondary N) is 1. The topological polar surface area (TPSA) is 29.1 Å². The first kappa shape index (κ1) is 11.8. The molecule has 0 spiro atoms. The van der Waals surface area contributed by atoms with E-state index in [1.807, 2.05) is 31.2 Å². The monoisotopic (exact) mass is 281 g/mol. The number of carbonyl (C=O) groups is 1. The average molecular weight is 282 g/mol. The summed E-state index contributed by atoms with van der Waals surface area (Å²) in [5.41, 5.74) is 1.09. The summed E-state index contributed by atoms with van der Waals surface area (Å²) in [5, 5.41) is 3.21. The molecule has 86 valence electrons. The van der Waals surface area contributed by atoms with Gasteiger partial charge >= 0.3 is 0 Å². The molecule has 0 bridgehead atoms. The number of benzene rings is 1. The van der Waals surface area contributed by atoms with Crippen LogP contribution in [0, 0.1) is 11.8 Å². The first-order valence-corrected chi connectivity index (χ1v) is 6.44. The van der Waals surface area contributed by atoms with Gasteiger partial charge < -0.3 is 5.32 Å². The third kappa shape index (κ3) is 2.53. The van der Waals surface area contributed by atoms with Gasteiger partial charge in [0, 0.05) is 16.8 Å². The van der Waals surface area contributed by atoms with Crippen molar-refractivity contribution in [2.24, 2.45) is 11.8 Å². The lowest BCUT2D eigenvalue weighted by Crippen LogP contribution is -2.47. The highest BCUT2D eigenvalue weighted by Crippen LogP contribution is 2.22. The van der Waals surface area contributed by atoms with Crippen LogP contribution in [-0.2, 0) is 11.2 Å². The Labute approximate surface area is 105 Å². The van der Waals surface area contributed by atoms with Gasteiger partial charge in [0.25, 0.3) is 0 Å². The van der Waals surface area contributed by atoms with Gasteiger partial charge in [0.2, 0.25) is 0 Å². The number of Topliss-reactive ketones (excluding diaryl/α,β-unsaturated/α-hetero) is 1. The van der Waals surface area contributed by atoms with E-state index in [1.165, 1.54) is 0 Å². The summed E-state index contributed by atoms with van der Waals surface area (Å²) in [6, 6.07) is 7.94. The molecule has 0 aliphatic carbocycles. The predicted octanol–water partition coefficient (Wildman–Crippen LogP) is 2.42. The minimum atomic E-state index is 0.174. The maximum Gasteiger partial charge on any atom is 0.140 e. The minimum absolute atomic E-state index is 0.174. The molecule has 1 atom stereocenters. The number of rotatable bonds is 4. The van der Waals surface area contributed by atoms with Crippen LogP contribution < -0.4 is 5.32 Å². The highest BCUT2D eigenvalue weighted by molar-refractivity contribution is 9.10. The molecule has 1 saturated heterocycles. The molecule has 1 aromatic carbocycles. The number of hydrogen-bond donors (Lipinski definition) is 1. The molecule has 1 heterocycles. The van der Waals surface area contributed by atoms with Crippen LogP contribution in [-0.4, -0.2) is 18.9 Å². The van der Waals surface area contributed by atoms with Crippen LogP contribution in [0.1, 0.15) is 12.5 Å². The number of carbonyl (C=O) groups excluding carboxylic acids is 1. The van der Waals surface area contributed by atoms with Crippen molar-refractivity contribution in [1.29, 1.82) is 0 Å². The van der Waals surface area contributed by atoms with Crippen molar-refractivity contribution < 1.29 is 4.79 Å². The summed E-state index contributed by atoms with van der Waals surface area (Å²) in [6.45, 7) is 4.02. The summed E-state index contributed by atoms with van der Waals surface area (Å²) in [4.78, 5) is 12.1. The van der Waals surface area contributed by atoms with Crippen molar-refractivity contribution in [3.05, 3.63) is 34.3 Å². The van der Waals surface area contributed by atoms with E-state index in [-0.39, 0.29) is 5.92 Å². The van der Waals surface area contributed by atoms with Gasteiger partial charge in [0.15, 0.2) is 0 Å². The smallest absolute Gasteiger partial charge is 0.140 e. The van der Waals surface area contributed by atoms with Gasteiger partial charge in [0.05, 0.1) is 0 Å². The molecule has 1 fully saturated rings. The van der Waals surface area contributed by atoms with Crippen LogP contribution >= 0.6 is 15.9 Å². The highest BCUT2D eigenvalue weighted by Gasteiger charge is 2.28.